The summed E-state index contributed by atoms with van der Waals surface area (Å²) in [4.78, 5) is 28.5. The summed E-state index contributed by atoms with van der Waals surface area (Å²) in [7, 11) is 1.49. The number of nitrogens with zero attached hydrogens (tertiary/aromatic N) is 1. The van der Waals surface area contributed by atoms with Crippen LogP contribution in [0.15, 0.2) is 72.8 Å². The molecule has 3 aromatic rings. The Balaban J connectivity index is 1.77. The summed E-state index contributed by atoms with van der Waals surface area (Å²) in [5.74, 6) is -2.19. The molecule has 2 atom stereocenters. The van der Waals surface area contributed by atoms with Crippen LogP contribution in [0.5, 0.6) is 0 Å². The van der Waals surface area contributed by atoms with Crippen LogP contribution >= 0.6 is 0 Å². The third-order valence-electron chi connectivity index (χ3n) is 5.95. The number of carbonyl (C=O) groups excluding carboxylic acids is 2. The van der Waals surface area contributed by atoms with Crippen LogP contribution in [0.2, 0.25) is 0 Å². The van der Waals surface area contributed by atoms with Crippen molar-refractivity contribution in [2.75, 3.05) is 25.6 Å². The van der Waals surface area contributed by atoms with Gasteiger partial charge in [-0.25, -0.2) is 4.39 Å². The number of fused-ring (bicyclic) bond motifs is 1. The maximum absolute atomic E-state index is 13.7. The average Bonchev–Trinajstić information content (AvgIpc) is 2.83. The Morgan fingerprint density at radius 2 is 1.66 bits per heavy atom. The number of ether oxygens (including phenoxy) is 1. The Labute approximate surface area is 199 Å². The third-order valence-corrected chi connectivity index (χ3v) is 5.95. The van der Waals surface area contributed by atoms with Gasteiger partial charge in [-0.3, -0.25) is 9.59 Å². The van der Waals surface area contributed by atoms with E-state index in [1.54, 1.807) is 24.3 Å². The predicted molar refractivity (Wildman–Crippen MR) is 121 cm³/mol. The van der Waals surface area contributed by atoms with E-state index in [0.717, 1.165) is 12.1 Å². The maximum Gasteiger partial charge on any atom is 0.416 e. The number of rotatable bonds is 6. The summed E-state index contributed by atoms with van der Waals surface area (Å²) in [5.41, 5.74) is 0.704. The molecule has 0 aliphatic carbocycles. The van der Waals surface area contributed by atoms with Crippen molar-refractivity contribution in [1.82, 2.24) is 4.90 Å². The molecule has 0 saturated carbocycles. The third kappa shape index (κ3) is 5.05. The number of amides is 2. The minimum Gasteiger partial charge on any atom is -0.383 e. The Bertz CT molecular complexity index is 1210. The van der Waals surface area contributed by atoms with Gasteiger partial charge in [-0.05, 0) is 53.6 Å². The molecule has 0 radical (unpaired) electrons. The fraction of sp³-hybridized carbons (Fsp3) is 0.231. The molecule has 1 N–H and O–H groups in total. The lowest BCUT2D eigenvalue weighted by molar-refractivity contribution is -0.137. The number of hydrogen-bond acceptors (Lipinski definition) is 3. The second-order valence-corrected chi connectivity index (χ2v) is 8.12. The molecule has 0 saturated heterocycles. The van der Waals surface area contributed by atoms with E-state index in [1.165, 1.54) is 48.4 Å². The Morgan fingerprint density at radius 3 is 2.29 bits per heavy atom. The highest BCUT2D eigenvalue weighted by atomic mass is 19.4. The number of carbonyl (C=O) groups is 2. The van der Waals surface area contributed by atoms with Crippen LogP contribution in [0.4, 0.5) is 23.2 Å². The minimum atomic E-state index is -4.50. The summed E-state index contributed by atoms with van der Waals surface area (Å²) in [5, 5.41) is 2.68. The van der Waals surface area contributed by atoms with E-state index in [9.17, 15) is 27.2 Å². The summed E-state index contributed by atoms with van der Waals surface area (Å²) in [6.07, 6.45) is -4.50. The summed E-state index contributed by atoms with van der Waals surface area (Å²) < 4.78 is 57.6. The van der Waals surface area contributed by atoms with Crippen molar-refractivity contribution >= 4 is 17.5 Å². The zero-order valence-electron chi connectivity index (χ0n) is 18.7. The second-order valence-electron chi connectivity index (χ2n) is 8.12. The van der Waals surface area contributed by atoms with Crippen LogP contribution in [0.25, 0.3) is 0 Å². The number of alkyl halides is 3. The molecule has 182 valence electrons. The van der Waals surface area contributed by atoms with Crippen molar-refractivity contribution in [2.45, 2.75) is 18.1 Å². The molecule has 0 unspecified atom stereocenters. The van der Waals surface area contributed by atoms with Crippen LogP contribution < -0.4 is 5.32 Å². The van der Waals surface area contributed by atoms with E-state index in [2.05, 4.69) is 5.32 Å². The van der Waals surface area contributed by atoms with Crippen molar-refractivity contribution in [3.63, 3.8) is 0 Å². The molecule has 1 aliphatic heterocycles. The maximum atomic E-state index is 13.7. The molecular formula is C26H22F4N2O3. The molecule has 9 heteroatoms. The van der Waals surface area contributed by atoms with Crippen LogP contribution in [0.3, 0.4) is 0 Å². The normalized spacial score (nSPS) is 17.7. The fourth-order valence-electron chi connectivity index (χ4n) is 4.30. The minimum absolute atomic E-state index is 0.176. The standard InChI is InChI=1S/C26H22F4N2O3/c1-35-15-14-32-23(16-6-10-18(27)11-7-16)22(20-4-2-3-5-21(20)25(32)34)24(33)31-19-12-8-17(9-13-19)26(28,29)30/h2-13,22-23H,14-15H2,1H3,(H,31,33)/t22-,23+/m0/s1. The smallest absolute Gasteiger partial charge is 0.383 e. The van der Waals surface area contributed by atoms with Gasteiger partial charge in [0.1, 0.15) is 5.82 Å². The molecule has 0 fully saturated rings. The van der Waals surface area contributed by atoms with Gasteiger partial charge in [0.15, 0.2) is 0 Å². The fourth-order valence-corrected chi connectivity index (χ4v) is 4.30. The highest BCUT2D eigenvalue weighted by molar-refractivity contribution is 6.04. The van der Waals surface area contributed by atoms with Crippen LogP contribution in [0, 0.1) is 5.82 Å². The summed E-state index contributed by atoms with van der Waals surface area (Å²) in [6.45, 7) is 0.384. The van der Waals surface area contributed by atoms with E-state index in [0.29, 0.717) is 16.7 Å². The van der Waals surface area contributed by atoms with E-state index in [1.807, 2.05) is 0 Å². The van der Waals surface area contributed by atoms with Gasteiger partial charge in [0.25, 0.3) is 5.91 Å². The molecule has 3 aromatic carbocycles. The van der Waals surface area contributed by atoms with Gasteiger partial charge in [-0.15, -0.1) is 0 Å². The largest absolute Gasteiger partial charge is 0.416 e. The highest BCUT2D eigenvalue weighted by Gasteiger charge is 2.44. The zero-order chi connectivity index (χ0) is 25.2. The molecule has 0 bridgehead atoms. The van der Waals surface area contributed by atoms with E-state index in [-0.39, 0.29) is 24.7 Å². The van der Waals surface area contributed by atoms with E-state index in [4.69, 9.17) is 4.74 Å². The summed E-state index contributed by atoms with van der Waals surface area (Å²) in [6, 6.07) is 15.6. The molecule has 4 rings (SSSR count). The molecule has 0 spiro atoms. The quantitative estimate of drug-likeness (QED) is 0.474. The van der Waals surface area contributed by atoms with Crippen molar-refractivity contribution in [2.24, 2.45) is 0 Å². The van der Waals surface area contributed by atoms with Crippen LogP contribution in [-0.4, -0.2) is 37.0 Å². The lowest BCUT2D eigenvalue weighted by Crippen LogP contribution is -2.47. The van der Waals surface area contributed by atoms with Gasteiger partial charge in [0.2, 0.25) is 5.91 Å². The monoisotopic (exact) mass is 486 g/mol. The molecule has 1 heterocycles. The van der Waals surface area contributed by atoms with Crippen molar-refractivity contribution in [3.8, 4) is 0 Å². The SMILES string of the molecule is COCCN1C(=O)c2ccccc2[C@H](C(=O)Nc2ccc(C(F)(F)F)cc2)[C@H]1c1ccc(F)cc1. The zero-order valence-corrected chi connectivity index (χ0v) is 18.7. The number of anilines is 1. The lowest BCUT2D eigenvalue weighted by atomic mass is 9.79. The predicted octanol–water partition coefficient (Wildman–Crippen LogP) is 5.41. The molecule has 35 heavy (non-hydrogen) atoms. The molecule has 2 amide bonds. The molecule has 0 aromatic heterocycles. The molecular weight excluding hydrogens is 464 g/mol. The van der Waals surface area contributed by atoms with Gasteiger partial charge < -0.3 is 15.0 Å². The first-order chi connectivity index (χ1) is 16.7. The first-order valence-corrected chi connectivity index (χ1v) is 10.8. The van der Waals surface area contributed by atoms with Crippen LogP contribution in [0.1, 0.15) is 39.0 Å². The first kappa shape index (κ1) is 24.4. The van der Waals surface area contributed by atoms with Gasteiger partial charge in [-0.1, -0.05) is 30.3 Å². The van der Waals surface area contributed by atoms with E-state index < -0.39 is 35.4 Å². The topological polar surface area (TPSA) is 58.6 Å². The number of nitrogens with one attached hydrogen (secondary N) is 1. The van der Waals surface area contributed by atoms with Gasteiger partial charge in [0.05, 0.1) is 24.1 Å². The van der Waals surface area contributed by atoms with Crippen molar-refractivity contribution in [3.05, 3.63) is 101 Å². The first-order valence-electron chi connectivity index (χ1n) is 10.8. The molecule has 5 nitrogen and oxygen atoms in total. The van der Waals surface area contributed by atoms with Crippen LogP contribution in [-0.2, 0) is 15.7 Å². The second kappa shape index (κ2) is 9.87. The van der Waals surface area contributed by atoms with Gasteiger partial charge in [-0.2, -0.15) is 13.2 Å². The number of halogens is 4. The number of methoxy groups -OCH3 is 1. The van der Waals surface area contributed by atoms with Crippen molar-refractivity contribution in [1.29, 1.82) is 0 Å². The molecule has 1 aliphatic rings. The van der Waals surface area contributed by atoms with Gasteiger partial charge >= 0.3 is 6.18 Å². The average molecular weight is 486 g/mol. The lowest BCUT2D eigenvalue weighted by Gasteiger charge is -2.41. The Kier molecular flexibility index (Phi) is 6.88. The van der Waals surface area contributed by atoms with E-state index >= 15 is 0 Å². The highest BCUT2D eigenvalue weighted by Crippen LogP contribution is 2.43. The number of benzene rings is 3. The Hall–Kier alpha value is -3.72. The van der Waals surface area contributed by atoms with Crippen molar-refractivity contribution < 1.29 is 31.9 Å². The summed E-state index contributed by atoms with van der Waals surface area (Å²) >= 11 is 0. The van der Waals surface area contributed by atoms with Gasteiger partial charge in [0, 0.05) is 24.9 Å². The number of hydrogen-bond donors (Lipinski definition) is 1. The Morgan fingerprint density at radius 1 is 1.00 bits per heavy atom.